The summed E-state index contributed by atoms with van der Waals surface area (Å²) in [4.78, 5) is 2.52. The molecule has 0 saturated carbocycles. The SMILES string of the molecule is COc1ccc(CN2[C@H](C)CCC[C@@H]2C)cc1O. The van der Waals surface area contributed by atoms with Gasteiger partial charge in [-0.2, -0.15) is 0 Å². The average Bonchev–Trinajstić information content (AvgIpc) is 2.34. The standard InChI is InChI=1S/C15H23NO2/c1-11-5-4-6-12(2)16(11)10-13-7-8-15(18-3)14(17)9-13/h7-9,11-12,17H,4-6,10H2,1-3H3/t11-,12+. The van der Waals surface area contributed by atoms with Crippen LogP contribution in [0.15, 0.2) is 18.2 Å². The number of ether oxygens (including phenoxy) is 1. The predicted octanol–water partition coefficient (Wildman–Crippen LogP) is 3.16. The van der Waals surface area contributed by atoms with Crippen molar-refractivity contribution in [2.45, 2.75) is 51.7 Å². The van der Waals surface area contributed by atoms with E-state index >= 15 is 0 Å². The first-order chi connectivity index (χ1) is 8.61. The molecule has 1 aromatic carbocycles. The lowest BCUT2D eigenvalue weighted by atomic mass is 9.96. The first-order valence-electron chi connectivity index (χ1n) is 6.73. The van der Waals surface area contributed by atoms with Crippen molar-refractivity contribution in [3.8, 4) is 11.5 Å². The average molecular weight is 249 g/mol. The Balaban J connectivity index is 2.10. The Morgan fingerprint density at radius 2 is 1.94 bits per heavy atom. The third-order valence-corrected chi connectivity index (χ3v) is 3.98. The number of hydrogen-bond donors (Lipinski definition) is 1. The number of methoxy groups -OCH3 is 1. The number of rotatable bonds is 3. The predicted molar refractivity (Wildman–Crippen MR) is 73.0 cm³/mol. The molecule has 1 N–H and O–H groups in total. The summed E-state index contributed by atoms with van der Waals surface area (Å²) >= 11 is 0. The normalized spacial score (nSPS) is 25.1. The molecule has 0 aromatic heterocycles. The minimum absolute atomic E-state index is 0.229. The van der Waals surface area contributed by atoms with Crippen LogP contribution in [0.3, 0.4) is 0 Å². The van der Waals surface area contributed by atoms with Crippen molar-refractivity contribution in [3.05, 3.63) is 23.8 Å². The molecule has 1 fully saturated rings. The zero-order chi connectivity index (χ0) is 13.1. The summed E-state index contributed by atoms with van der Waals surface area (Å²) in [6.45, 7) is 5.48. The van der Waals surface area contributed by atoms with E-state index in [4.69, 9.17) is 4.74 Å². The molecule has 3 nitrogen and oxygen atoms in total. The van der Waals surface area contributed by atoms with Crippen molar-refractivity contribution in [2.75, 3.05) is 7.11 Å². The number of hydrogen-bond acceptors (Lipinski definition) is 3. The molecule has 0 radical (unpaired) electrons. The second-order valence-corrected chi connectivity index (χ2v) is 5.31. The molecule has 1 aliphatic heterocycles. The van der Waals surface area contributed by atoms with Gasteiger partial charge in [-0.3, -0.25) is 4.90 Å². The lowest BCUT2D eigenvalue weighted by Gasteiger charge is -2.39. The van der Waals surface area contributed by atoms with Gasteiger partial charge in [0.2, 0.25) is 0 Å². The zero-order valence-corrected chi connectivity index (χ0v) is 11.5. The Morgan fingerprint density at radius 1 is 1.28 bits per heavy atom. The molecule has 1 aliphatic rings. The number of benzene rings is 1. The van der Waals surface area contributed by atoms with Crippen LogP contribution in [0.25, 0.3) is 0 Å². The number of aromatic hydroxyl groups is 1. The minimum Gasteiger partial charge on any atom is -0.504 e. The maximum atomic E-state index is 9.81. The van der Waals surface area contributed by atoms with E-state index in [2.05, 4.69) is 18.7 Å². The molecule has 1 heterocycles. The Kier molecular flexibility index (Phi) is 4.12. The lowest BCUT2D eigenvalue weighted by molar-refractivity contribution is 0.0952. The van der Waals surface area contributed by atoms with Gasteiger partial charge in [-0.05, 0) is 44.4 Å². The molecule has 1 saturated heterocycles. The Bertz CT molecular complexity index is 395. The van der Waals surface area contributed by atoms with E-state index < -0.39 is 0 Å². The molecule has 1 aromatic rings. The van der Waals surface area contributed by atoms with Crippen molar-refractivity contribution >= 4 is 0 Å². The van der Waals surface area contributed by atoms with Gasteiger partial charge in [0.05, 0.1) is 7.11 Å². The van der Waals surface area contributed by atoms with Gasteiger partial charge in [-0.1, -0.05) is 12.5 Å². The van der Waals surface area contributed by atoms with E-state index in [0.29, 0.717) is 17.8 Å². The van der Waals surface area contributed by atoms with Gasteiger partial charge in [0.25, 0.3) is 0 Å². The molecular weight excluding hydrogens is 226 g/mol. The zero-order valence-electron chi connectivity index (χ0n) is 11.5. The topological polar surface area (TPSA) is 32.7 Å². The fraction of sp³-hybridized carbons (Fsp3) is 0.600. The monoisotopic (exact) mass is 249 g/mol. The van der Waals surface area contributed by atoms with Gasteiger partial charge in [0.1, 0.15) is 0 Å². The second kappa shape index (κ2) is 5.61. The Morgan fingerprint density at radius 3 is 2.50 bits per heavy atom. The molecular formula is C15H23NO2. The number of phenols is 1. The summed E-state index contributed by atoms with van der Waals surface area (Å²) in [7, 11) is 1.57. The molecule has 0 amide bonds. The van der Waals surface area contributed by atoms with Crippen LogP contribution in [-0.4, -0.2) is 29.2 Å². The maximum absolute atomic E-state index is 9.81. The number of nitrogens with zero attached hydrogens (tertiary/aromatic N) is 1. The summed E-state index contributed by atoms with van der Waals surface area (Å²) in [6.07, 6.45) is 3.87. The molecule has 100 valence electrons. The van der Waals surface area contributed by atoms with Gasteiger partial charge in [0, 0.05) is 18.6 Å². The van der Waals surface area contributed by atoms with E-state index in [9.17, 15) is 5.11 Å². The molecule has 0 aliphatic carbocycles. The van der Waals surface area contributed by atoms with Crippen LogP contribution in [0.4, 0.5) is 0 Å². The van der Waals surface area contributed by atoms with E-state index in [-0.39, 0.29) is 5.75 Å². The van der Waals surface area contributed by atoms with Crippen molar-refractivity contribution in [1.29, 1.82) is 0 Å². The molecule has 0 spiro atoms. The maximum Gasteiger partial charge on any atom is 0.160 e. The van der Waals surface area contributed by atoms with Gasteiger partial charge < -0.3 is 9.84 Å². The number of phenolic OH excluding ortho intramolecular Hbond substituents is 1. The van der Waals surface area contributed by atoms with Gasteiger partial charge in [-0.15, -0.1) is 0 Å². The summed E-state index contributed by atoms with van der Waals surface area (Å²) < 4.78 is 5.07. The number of piperidine rings is 1. The Labute approximate surface area is 109 Å². The first kappa shape index (κ1) is 13.2. The second-order valence-electron chi connectivity index (χ2n) is 5.31. The fourth-order valence-corrected chi connectivity index (χ4v) is 2.83. The largest absolute Gasteiger partial charge is 0.504 e. The Hall–Kier alpha value is -1.22. The van der Waals surface area contributed by atoms with Gasteiger partial charge >= 0.3 is 0 Å². The van der Waals surface area contributed by atoms with Crippen LogP contribution < -0.4 is 4.74 Å². The van der Waals surface area contributed by atoms with Crippen LogP contribution in [0.1, 0.15) is 38.7 Å². The third kappa shape index (κ3) is 2.78. The summed E-state index contributed by atoms with van der Waals surface area (Å²) in [5.41, 5.74) is 1.15. The summed E-state index contributed by atoms with van der Waals surface area (Å²) in [6, 6.07) is 6.93. The van der Waals surface area contributed by atoms with Crippen LogP contribution in [0.2, 0.25) is 0 Å². The van der Waals surface area contributed by atoms with E-state index in [1.807, 2.05) is 18.2 Å². The molecule has 2 atom stereocenters. The van der Waals surface area contributed by atoms with Crippen LogP contribution >= 0.6 is 0 Å². The highest BCUT2D eigenvalue weighted by Crippen LogP contribution is 2.29. The first-order valence-corrected chi connectivity index (χ1v) is 6.73. The van der Waals surface area contributed by atoms with Gasteiger partial charge in [-0.25, -0.2) is 0 Å². The van der Waals surface area contributed by atoms with E-state index in [0.717, 1.165) is 12.1 Å². The summed E-state index contributed by atoms with van der Waals surface area (Å²) in [5, 5.41) is 9.81. The van der Waals surface area contributed by atoms with Crippen molar-refractivity contribution < 1.29 is 9.84 Å². The summed E-state index contributed by atoms with van der Waals surface area (Å²) in [5.74, 6) is 0.769. The molecule has 0 bridgehead atoms. The van der Waals surface area contributed by atoms with Crippen molar-refractivity contribution in [1.82, 2.24) is 4.90 Å². The van der Waals surface area contributed by atoms with Gasteiger partial charge in [0.15, 0.2) is 11.5 Å². The van der Waals surface area contributed by atoms with Crippen LogP contribution in [0, 0.1) is 0 Å². The van der Waals surface area contributed by atoms with E-state index in [1.165, 1.54) is 19.3 Å². The van der Waals surface area contributed by atoms with E-state index in [1.54, 1.807) is 7.11 Å². The smallest absolute Gasteiger partial charge is 0.160 e. The van der Waals surface area contributed by atoms with Crippen LogP contribution in [-0.2, 0) is 6.54 Å². The highest BCUT2D eigenvalue weighted by Gasteiger charge is 2.24. The van der Waals surface area contributed by atoms with Crippen LogP contribution in [0.5, 0.6) is 11.5 Å². The molecule has 3 heteroatoms. The quantitative estimate of drug-likeness (QED) is 0.893. The lowest BCUT2D eigenvalue weighted by Crippen LogP contribution is -2.42. The van der Waals surface area contributed by atoms with Crippen molar-refractivity contribution in [3.63, 3.8) is 0 Å². The highest BCUT2D eigenvalue weighted by atomic mass is 16.5. The molecule has 2 rings (SSSR count). The third-order valence-electron chi connectivity index (χ3n) is 3.98. The van der Waals surface area contributed by atoms with Crippen molar-refractivity contribution in [2.24, 2.45) is 0 Å². The number of likely N-dealkylation sites (tertiary alicyclic amines) is 1. The highest BCUT2D eigenvalue weighted by molar-refractivity contribution is 5.41. The molecule has 0 unspecified atom stereocenters. The molecule has 18 heavy (non-hydrogen) atoms. The fourth-order valence-electron chi connectivity index (χ4n) is 2.83. The minimum atomic E-state index is 0.229.